The van der Waals surface area contributed by atoms with Gasteiger partial charge in [0, 0.05) is 12.8 Å². The maximum atomic E-state index is 4.15. The second-order valence-corrected chi connectivity index (χ2v) is 2.41. The summed E-state index contributed by atoms with van der Waals surface area (Å²) < 4.78 is 0. The molecule has 2 heteroatoms. The third-order valence-electron chi connectivity index (χ3n) is 1.63. The first-order chi connectivity index (χ1) is 4.84. The average molecular weight is 136 g/mol. The minimum atomic E-state index is 1.07. The molecule has 0 spiro atoms. The maximum absolute atomic E-state index is 4.15. The Labute approximate surface area is 61.4 Å². The van der Waals surface area contributed by atoms with E-state index in [0.29, 0.717) is 0 Å². The molecule has 54 valence electrons. The minimum Gasteiger partial charge on any atom is -0.277 e. The fraction of sp³-hybridized carbons (Fsp3) is 0.500. The summed E-state index contributed by atoms with van der Waals surface area (Å²) in [6.07, 6.45) is 4.97. The Bertz CT molecular complexity index is 189. The molecule has 1 aliphatic carbocycles. The summed E-state index contributed by atoms with van der Waals surface area (Å²) in [5, 5.41) is 0. The highest BCUT2D eigenvalue weighted by atomic mass is 14.8. The number of allylic oxidation sites excluding steroid dienone is 1. The molecule has 0 radical (unpaired) electrons. The average Bonchev–Trinajstić information content (AvgIpc) is 2.31. The summed E-state index contributed by atoms with van der Waals surface area (Å²) in [5.74, 6) is 0. The largest absolute Gasteiger partial charge is 0.277 e. The van der Waals surface area contributed by atoms with E-state index in [1.54, 1.807) is 13.4 Å². The molecule has 1 fully saturated rings. The van der Waals surface area contributed by atoms with Gasteiger partial charge >= 0.3 is 0 Å². The lowest BCUT2D eigenvalue weighted by Crippen LogP contribution is -1.91. The van der Waals surface area contributed by atoms with E-state index in [0.717, 1.165) is 18.6 Å². The van der Waals surface area contributed by atoms with Gasteiger partial charge in [0.05, 0.1) is 0 Å². The van der Waals surface area contributed by atoms with Crippen LogP contribution < -0.4 is 0 Å². The number of nitrogens with zero attached hydrogens (tertiary/aromatic N) is 2. The van der Waals surface area contributed by atoms with Crippen molar-refractivity contribution in [3.05, 3.63) is 12.2 Å². The van der Waals surface area contributed by atoms with Crippen molar-refractivity contribution in [3.8, 4) is 0 Å². The van der Waals surface area contributed by atoms with Crippen LogP contribution in [0.25, 0.3) is 0 Å². The van der Waals surface area contributed by atoms with Crippen LogP contribution >= 0.6 is 0 Å². The topological polar surface area (TPSA) is 24.7 Å². The summed E-state index contributed by atoms with van der Waals surface area (Å²) in [7, 11) is 1.72. The van der Waals surface area contributed by atoms with Gasteiger partial charge in [-0.15, -0.1) is 0 Å². The fourth-order valence-corrected chi connectivity index (χ4v) is 1.07. The number of hydrogen-bond acceptors (Lipinski definition) is 1. The smallest absolute Gasteiger partial charge is 0.109 e. The monoisotopic (exact) mass is 136 g/mol. The second kappa shape index (κ2) is 3.30. The molecule has 0 aliphatic heterocycles. The van der Waals surface area contributed by atoms with Crippen LogP contribution in [0.15, 0.2) is 22.1 Å². The van der Waals surface area contributed by atoms with Gasteiger partial charge in [0.15, 0.2) is 0 Å². The minimum absolute atomic E-state index is 1.07. The van der Waals surface area contributed by atoms with Crippen LogP contribution in [0.3, 0.4) is 0 Å². The van der Waals surface area contributed by atoms with Crippen LogP contribution in [0.4, 0.5) is 0 Å². The molecule has 1 aliphatic rings. The number of rotatable bonds is 1. The summed E-state index contributed by atoms with van der Waals surface area (Å²) in [4.78, 5) is 7.93. The van der Waals surface area contributed by atoms with Gasteiger partial charge in [0.2, 0.25) is 0 Å². The van der Waals surface area contributed by atoms with Crippen molar-refractivity contribution in [1.29, 1.82) is 0 Å². The predicted octanol–water partition coefficient (Wildman–Crippen LogP) is 1.83. The van der Waals surface area contributed by atoms with Gasteiger partial charge in [-0.1, -0.05) is 6.58 Å². The van der Waals surface area contributed by atoms with Crippen molar-refractivity contribution in [2.75, 3.05) is 7.05 Å². The highest BCUT2D eigenvalue weighted by Crippen LogP contribution is 2.19. The molecule has 0 aromatic heterocycles. The number of aliphatic imine (C=N–C) groups is 2. The molecule has 0 N–H and O–H groups in total. The van der Waals surface area contributed by atoms with Gasteiger partial charge in [0.25, 0.3) is 0 Å². The molecule has 0 unspecified atom stereocenters. The first kappa shape index (κ1) is 7.19. The lowest BCUT2D eigenvalue weighted by atomic mass is 10.2. The van der Waals surface area contributed by atoms with Crippen molar-refractivity contribution in [1.82, 2.24) is 0 Å². The number of hydrogen-bond donors (Lipinski definition) is 0. The summed E-state index contributed by atoms with van der Waals surface area (Å²) in [6.45, 7) is 3.90. The molecule has 0 aromatic carbocycles. The van der Waals surface area contributed by atoms with Crippen LogP contribution in [0.5, 0.6) is 0 Å². The summed E-state index contributed by atoms with van der Waals surface area (Å²) in [5.41, 5.74) is 2.31. The molecule has 1 rings (SSSR count). The van der Waals surface area contributed by atoms with E-state index in [4.69, 9.17) is 0 Å². The molecule has 0 atom stereocenters. The zero-order valence-corrected chi connectivity index (χ0v) is 6.30. The van der Waals surface area contributed by atoms with Gasteiger partial charge in [-0.3, -0.25) is 4.99 Å². The van der Waals surface area contributed by atoms with Crippen molar-refractivity contribution in [3.63, 3.8) is 0 Å². The lowest BCUT2D eigenvalue weighted by molar-refractivity contribution is 0.948. The molecular weight excluding hydrogens is 124 g/mol. The Hall–Kier alpha value is -0.920. The van der Waals surface area contributed by atoms with E-state index in [9.17, 15) is 0 Å². The SMILES string of the molecule is C=C1CCCC1=NC=NC. The van der Waals surface area contributed by atoms with E-state index >= 15 is 0 Å². The Morgan fingerprint density at radius 1 is 1.50 bits per heavy atom. The zero-order valence-electron chi connectivity index (χ0n) is 6.30. The third-order valence-corrected chi connectivity index (χ3v) is 1.63. The maximum Gasteiger partial charge on any atom is 0.109 e. The zero-order chi connectivity index (χ0) is 7.40. The molecule has 0 bridgehead atoms. The van der Waals surface area contributed by atoms with Crippen molar-refractivity contribution < 1.29 is 0 Å². The van der Waals surface area contributed by atoms with Gasteiger partial charge in [-0.2, -0.15) is 0 Å². The van der Waals surface area contributed by atoms with Gasteiger partial charge in [-0.25, -0.2) is 4.99 Å². The highest BCUT2D eigenvalue weighted by Gasteiger charge is 2.11. The van der Waals surface area contributed by atoms with E-state index in [2.05, 4.69) is 16.6 Å². The Morgan fingerprint density at radius 2 is 2.30 bits per heavy atom. The third kappa shape index (κ3) is 1.53. The van der Waals surface area contributed by atoms with Crippen LogP contribution in [0, 0.1) is 0 Å². The van der Waals surface area contributed by atoms with E-state index in [-0.39, 0.29) is 0 Å². The van der Waals surface area contributed by atoms with E-state index in [1.165, 1.54) is 12.0 Å². The van der Waals surface area contributed by atoms with E-state index in [1.807, 2.05) is 0 Å². The van der Waals surface area contributed by atoms with Crippen LogP contribution in [-0.4, -0.2) is 19.1 Å². The predicted molar refractivity (Wildman–Crippen MR) is 44.8 cm³/mol. The first-order valence-corrected chi connectivity index (χ1v) is 3.50. The summed E-state index contributed by atoms with van der Waals surface area (Å²) in [6, 6.07) is 0. The van der Waals surface area contributed by atoms with Gasteiger partial charge in [0.1, 0.15) is 6.34 Å². The van der Waals surface area contributed by atoms with Crippen molar-refractivity contribution >= 4 is 12.1 Å². The van der Waals surface area contributed by atoms with Gasteiger partial charge in [-0.05, 0) is 24.8 Å². The fourth-order valence-electron chi connectivity index (χ4n) is 1.07. The van der Waals surface area contributed by atoms with Crippen LogP contribution in [-0.2, 0) is 0 Å². The standard InChI is InChI=1S/C8H12N2/c1-7-4-3-5-8(7)10-6-9-2/h6H,1,3-5H2,2H3. The second-order valence-electron chi connectivity index (χ2n) is 2.41. The van der Waals surface area contributed by atoms with Crippen LogP contribution in [0.2, 0.25) is 0 Å². The summed E-state index contributed by atoms with van der Waals surface area (Å²) >= 11 is 0. The first-order valence-electron chi connectivity index (χ1n) is 3.50. The molecule has 2 nitrogen and oxygen atoms in total. The molecule has 0 aromatic rings. The molecule has 0 heterocycles. The Kier molecular flexibility index (Phi) is 2.37. The van der Waals surface area contributed by atoms with Crippen molar-refractivity contribution in [2.45, 2.75) is 19.3 Å². The normalized spacial score (nSPS) is 23.3. The van der Waals surface area contributed by atoms with Crippen LogP contribution in [0.1, 0.15) is 19.3 Å². The Morgan fingerprint density at radius 3 is 2.80 bits per heavy atom. The molecular formula is C8H12N2. The molecule has 0 amide bonds. The lowest BCUT2D eigenvalue weighted by Gasteiger charge is -1.91. The van der Waals surface area contributed by atoms with E-state index < -0.39 is 0 Å². The van der Waals surface area contributed by atoms with Gasteiger partial charge < -0.3 is 0 Å². The molecule has 10 heavy (non-hydrogen) atoms. The van der Waals surface area contributed by atoms with Crippen molar-refractivity contribution in [2.24, 2.45) is 9.98 Å². The highest BCUT2D eigenvalue weighted by molar-refractivity contribution is 6.04. The quantitative estimate of drug-likeness (QED) is 0.388. The Balaban J connectivity index is 2.62. The molecule has 0 saturated heterocycles. The molecule has 1 saturated carbocycles.